The molecule has 12 heavy (non-hydrogen) atoms. The van der Waals surface area contributed by atoms with Crippen molar-refractivity contribution in [2.75, 3.05) is 7.11 Å². The van der Waals surface area contributed by atoms with E-state index in [9.17, 15) is 4.79 Å². The van der Waals surface area contributed by atoms with Gasteiger partial charge < -0.3 is 4.74 Å². The summed E-state index contributed by atoms with van der Waals surface area (Å²) < 4.78 is 5.62. The van der Waals surface area contributed by atoms with Crippen molar-refractivity contribution in [1.82, 2.24) is 14.8 Å². The molecule has 1 rings (SSSR count). The first-order valence-corrected chi connectivity index (χ1v) is 3.12. The number of methoxy groups -OCH3 is 1. The summed E-state index contributed by atoms with van der Waals surface area (Å²) in [5, 5.41) is 11.9. The van der Waals surface area contributed by atoms with Crippen LogP contribution in [0.3, 0.4) is 0 Å². The molecule has 0 spiro atoms. The van der Waals surface area contributed by atoms with Crippen molar-refractivity contribution in [3.05, 3.63) is 12.2 Å². The number of hydrogen-bond donors (Lipinski definition) is 0. The second kappa shape index (κ2) is 3.48. The largest absolute Gasteiger partial charge is 0.463 e. The van der Waals surface area contributed by atoms with Crippen molar-refractivity contribution in [2.45, 2.75) is 6.54 Å². The van der Waals surface area contributed by atoms with E-state index in [1.807, 2.05) is 6.07 Å². The van der Waals surface area contributed by atoms with Crippen LogP contribution in [-0.2, 0) is 11.3 Å². The Morgan fingerprint density at radius 2 is 2.67 bits per heavy atom. The van der Waals surface area contributed by atoms with Gasteiger partial charge in [0.15, 0.2) is 0 Å². The molecule has 0 saturated carbocycles. The number of ether oxygens (including phenoxy) is 1. The fourth-order valence-electron chi connectivity index (χ4n) is 0.628. The van der Waals surface area contributed by atoms with Gasteiger partial charge in [0.05, 0.1) is 13.2 Å². The molecular formula is C6H6N4O2. The highest BCUT2D eigenvalue weighted by Crippen LogP contribution is 1.91. The Kier molecular flexibility index (Phi) is 2.38. The van der Waals surface area contributed by atoms with E-state index in [0.717, 1.165) is 0 Å². The maximum atomic E-state index is 10.8. The second-order valence-electron chi connectivity index (χ2n) is 1.92. The quantitative estimate of drug-likeness (QED) is 0.558. The van der Waals surface area contributed by atoms with E-state index < -0.39 is 5.97 Å². The minimum atomic E-state index is -0.605. The molecule has 0 unspecified atom stereocenters. The molecule has 0 aliphatic heterocycles. The van der Waals surface area contributed by atoms with E-state index in [1.165, 1.54) is 18.1 Å². The molecule has 0 N–H and O–H groups in total. The summed E-state index contributed by atoms with van der Waals surface area (Å²) >= 11 is 0. The van der Waals surface area contributed by atoms with E-state index in [2.05, 4.69) is 14.8 Å². The van der Waals surface area contributed by atoms with Gasteiger partial charge in [0.2, 0.25) is 0 Å². The highest BCUT2D eigenvalue weighted by atomic mass is 16.5. The number of esters is 1. The minimum Gasteiger partial charge on any atom is -0.463 e. The highest BCUT2D eigenvalue weighted by Gasteiger charge is 2.10. The Labute approximate surface area is 68.4 Å². The summed E-state index contributed by atoms with van der Waals surface area (Å²) in [7, 11) is 1.24. The number of carbonyl (C=O) groups excluding carboxylic acids is 1. The molecule has 0 aliphatic rings. The van der Waals surface area contributed by atoms with Crippen molar-refractivity contribution >= 4 is 5.97 Å². The Morgan fingerprint density at radius 1 is 1.92 bits per heavy atom. The Balaban J connectivity index is 2.78. The topological polar surface area (TPSA) is 80.8 Å². The molecular weight excluding hydrogens is 160 g/mol. The SMILES string of the molecule is COC(=O)c1ncn(CC#N)n1. The van der Waals surface area contributed by atoms with Crippen LogP contribution < -0.4 is 0 Å². The van der Waals surface area contributed by atoms with Gasteiger partial charge in [-0.3, -0.25) is 0 Å². The van der Waals surface area contributed by atoms with Crippen molar-refractivity contribution in [3.8, 4) is 6.07 Å². The van der Waals surface area contributed by atoms with Gasteiger partial charge in [0.25, 0.3) is 5.82 Å². The van der Waals surface area contributed by atoms with E-state index in [0.29, 0.717) is 0 Å². The fraction of sp³-hybridized carbons (Fsp3) is 0.333. The number of carbonyl (C=O) groups is 1. The second-order valence-corrected chi connectivity index (χ2v) is 1.92. The van der Waals surface area contributed by atoms with Crippen LogP contribution in [0.5, 0.6) is 0 Å². The molecule has 0 amide bonds. The van der Waals surface area contributed by atoms with E-state index in [4.69, 9.17) is 5.26 Å². The average molecular weight is 166 g/mol. The van der Waals surface area contributed by atoms with Gasteiger partial charge in [-0.05, 0) is 0 Å². The summed E-state index contributed by atoms with van der Waals surface area (Å²) in [6, 6.07) is 1.86. The van der Waals surface area contributed by atoms with Gasteiger partial charge in [-0.2, -0.15) is 5.26 Å². The van der Waals surface area contributed by atoms with Gasteiger partial charge in [-0.25, -0.2) is 14.5 Å². The average Bonchev–Trinajstić information content (AvgIpc) is 2.52. The Hall–Kier alpha value is -1.90. The molecule has 0 aromatic carbocycles. The first-order chi connectivity index (χ1) is 5.77. The first-order valence-electron chi connectivity index (χ1n) is 3.12. The lowest BCUT2D eigenvalue weighted by Gasteiger charge is -1.90. The number of aromatic nitrogens is 3. The maximum absolute atomic E-state index is 10.8. The monoisotopic (exact) mass is 166 g/mol. The summed E-state index contributed by atoms with van der Waals surface area (Å²) in [5.41, 5.74) is 0. The third kappa shape index (κ3) is 1.58. The molecule has 0 bridgehead atoms. The lowest BCUT2D eigenvalue weighted by atomic mass is 10.6. The van der Waals surface area contributed by atoms with Crippen LogP contribution in [0, 0.1) is 11.3 Å². The normalized spacial score (nSPS) is 9.00. The van der Waals surface area contributed by atoms with Gasteiger partial charge in [-0.1, -0.05) is 0 Å². The van der Waals surface area contributed by atoms with Crippen LogP contribution in [0.25, 0.3) is 0 Å². The molecule has 62 valence electrons. The molecule has 0 aliphatic carbocycles. The molecule has 0 fully saturated rings. The van der Waals surface area contributed by atoms with Crippen LogP contribution in [-0.4, -0.2) is 27.8 Å². The van der Waals surface area contributed by atoms with E-state index in [1.54, 1.807) is 0 Å². The Morgan fingerprint density at radius 3 is 3.25 bits per heavy atom. The molecule has 6 nitrogen and oxygen atoms in total. The maximum Gasteiger partial charge on any atom is 0.377 e. The van der Waals surface area contributed by atoms with E-state index in [-0.39, 0.29) is 12.4 Å². The van der Waals surface area contributed by atoms with Crippen molar-refractivity contribution in [2.24, 2.45) is 0 Å². The van der Waals surface area contributed by atoms with Crippen LogP contribution >= 0.6 is 0 Å². The lowest BCUT2D eigenvalue weighted by Crippen LogP contribution is -2.05. The zero-order valence-electron chi connectivity index (χ0n) is 6.39. The molecule has 0 radical (unpaired) electrons. The number of nitriles is 1. The predicted molar refractivity (Wildman–Crippen MR) is 37.0 cm³/mol. The smallest absolute Gasteiger partial charge is 0.377 e. The van der Waals surface area contributed by atoms with Crippen LogP contribution in [0.15, 0.2) is 6.33 Å². The lowest BCUT2D eigenvalue weighted by molar-refractivity contribution is 0.0586. The van der Waals surface area contributed by atoms with Crippen molar-refractivity contribution in [1.29, 1.82) is 5.26 Å². The molecule has 1 aromatic heterocycles. The summed E-state index contributed by atoms with van der Waals surface area (Å²) in [4.78, 5) is 14.4. The number of nitrogens with zero attached hydrogens (tertiary/aromatic N) is 4. The van der Waals surface area contributed by atoms with Gasteiger partial charge in [-0.15, -0.1) is 5.10 Å². The first kappa shape index (κ1) is 8.20. The molecule has 1 heterocycles. The summed E-state index contributed by atoms with van der Waals surface area (Å²) in [6.45, 7) is 0.0734. The molecule has 6 heteroatoms. The van der Waals surface area contributed by atoms with Crippen LogP contribution in [0.2, 0.25) is 0 Å². The minimum absolute atomic E-state index is 0.0345. The number of rotatable bonds is 2. The highest BCUT2D eigenvalue weighted by molar-refractivity contribution is 5.84. The zero-order chi connectivity index (χ0) is 8.97. The predicted octanol–water partition coefficient (Wildman–Crippen LogP) is -0.412. The fourth-order valence-corrected chi connectivity index (χ4v) is 0.628. The van der Waals surface area contributed by atoms with Crippen molar-refractivity contribution < 1.29 is 9.53 Å². The molecule has 1 aromatic rings. The molecule has 0 saturated heterocycles. The van der Waals surface area contributed by atoms with E-state index >= 15 is 0 Å². The summed E-state index contributed by atoms with van der Waals surface area (Å²) in [5.74, 6) is -0.639. The third-order valence-corrected chi connectivity index (χ3v) is 1.14. The number of hydrogen-bond acceptors (Lipinski definition) is 5. The molecule has 0 atom stereocenters. The van der Waals surface area contributed by atoms with Gasteiger partial charge >= 0.3 is 5.97 Å². The van der Waals surface area contributed by atoms with Crippen LogP contribution in [0.1, 0.15) is 10.6 Å². The summed E-state index contributed by atoms with van der Waals surface area (Å²) in [6.07, 6.45) is 1.30. The van der Waals surface area contributed by atoms with Gasteiger partial charge in [0, 0.05) is 0 Å². The van der Waals surface area contributed by atoms with Crippen LogP contribution in [0.4, 0.5) is 0 Å². The standard InChI is InChI=1S/C6H6N4O2/c1-12-6(11)5-8-4-10(9-5)3-2-7/h4H,3H2,1H3. The third-order valence-electron chi connectivity index (χ3n) is 1.14. The Bertz CT molecular complexity index is 325. The van der Waals surface area contributed by atoms with Crippen molar-refractivity contribution in [3.63, 3.8) is 0 Å². The zero-order valence-corrected chi connectivity index (χ0v) is 6.39. The van der Waals surface area contributed by atoms with Gasteiger partial charge in [0.1, 0.15) is 12.9 Å².